The molecule has 0 saturated heterocycles. The third kappa shape index (κ3) is 2.97. The highest BCUT2D eigenvalue weighted by atomic mass is 16.5. The van der Waals surface area contributed by atoms with Crippen LogP contribution in [0.5, 0.6) is 6.01 Å². The third-order valence-corrected chi connectivity index (χ3v) is 2.27. The van der Waals surface area contributed by atoms with Crippen molar-refractivity contribution in [1.82, 2.24) is 20.2 Å². The van der Waals surface area contributed by atoms with Gasteiger partial charge < -0.3 is 9.72 Å². The summed E-state index contributed by atoms with van der Waals surface area (Å²) in [5.41, 5.74) is 0.224. The number of hydrogen-bond acceptors (Lipinski definition) is 5. The first-order valence-electron chi connectivity index (χ1n) is 5.66. The lowest BCUT2D eigenvalue weighted by Crippen LogP contribution is -2.23. The minimum atomic E-state index is -0.569. The zero-order valence-electron chi connectivity index (χ0n) is 10.5. The van der Waals surface area contributed by atoms with Gasteiger partial charge >= 0.3 is 6.01 Å². The number of pyridine rings is 1. The number of anilines is 1. The Labute approximate surface area is 108 Å². The summed E-state index contributed by atoms with van der Waals surface area (Å²) in [6, 6.07) is 3.22. The third-order valence-electron chi connectivity index (χ3n) is 2.27. The molecule has 0 aromatic carbocycles. The van der Waals surface area contributed by atoms with Crippen LogP contribution in [0.3, 0.4) is 0 Å². The number of ether oxygens (including phenoxy) is 1. The number of carbonyl (C=O) groups is 1. The van der Waals surface area contributed by atoms with Crippen molar-refractivity contribution in [2.24, 2.45) is 0 Å². The number of aryl methyl sites for hydroxylation is 1. The van der Waals surface area contributed by atoms with Crippen molar-refractivity contribution in [3.8, 4) is 6.01 Å². The molecule has 0 radical (unpaired) electrons. The standard InChI is InChI=1S/C11H13N5O3/c1-3-19-11-14-10(15-16-11)13-9(18)7-5-4-6(2)12-8(7)17/h4-5H,3H2,1-2H3,(H,12,17)(H2,13,14,15,16,18). The molecule has 1 amide bonds. The Morgan fingerprint density at radius 1 is 1.47 bits per heavy atom. The van der Waals surface area contributed by atoms with E-state index >= 15 is 0 Å². The first-order valence-corrected chi connectivity index (χ1v) is 5.66. The number of aromatic nitrogens is 4. The molecule has 0 bridgehead atoms. The van der Waals surface area contributed by atoms with Gasteiger partial charge in [-0.15, -0.1) is 5.10 Å². The van der Waals surface area contributed by atoms with Crippen molar-refractivity contribution < 1.29 is 9.53 Å². The quantitative estimate of drug-likeness (QED) is 0.741. The number of hydrogen-bond donors (Lipinski definition) is 3. The maximum atomic E-state index is 11.9. The molecule has 2 aromatic heterocycles. The maximum absolute atomic E-state index is 11.9. The number of rotatable bonds is 4. The Kier molecular flexibility index (Phi) is 3.60. The van der Waals surface area contributed by atoms with E-state index in [0.29, 0.717) is 12.3 Å². The van der Waals surface area contributed by atoms with Gasteiger partial charge in [-0.3, -0.25) is 14.9 Å². The molecule has 8 heteroatoms. The van der Waals surface area contributed by atoms with Crippen LogP contribution < -0.4 is 15.6 Å². The van der Waals surface area contributed by atoms with Crippen LogP contribution in [-0.4, -0.2) is 32.7 Å². The van der Waals surface area contributed by atoms with Crippen LogP contribution in [0.15, 0.2) is 16.9 Å². The first kappa shape index (κ1) is 12.8. The minimum Gasteiger partial charge on any atom is -0.463 e. The minimum absolute atomic E-state index is 0.0000371. The van der Waals surface area contributed by atoms with E-state index in [0.717, 1.165) is 0 Å². The molecule has 0 saturated carbocycles. The van der Waals surface area contributed by atoms with Gasteiger partial charge in [-0.25, -0.2) is 5.10 Å². The normalized spacial score (nSPS) is 10.2. The number of nitrogens with zero attached hydrogens (tertiary/aromatic N) is 2. The van der Waals surface area contributed by atoms with Gasteiger partial charge in [0.25, 0.3) is 11.5 Å². The van der Waals surface area contributed by atoms with Gasteiger partial charge in [0, 0.05) is 5.69 Å². The Morgan fingerprint density at radius 2 is 2.26 bits per heavy atom. The van der Waals surface area contributed by atoms with E-state index in [1.165, 1.54) is 6.07 Å². The number of carbonyl (C=O) groups excluding carboxylic acids is 1. The average molecular weight is 263 g/mol. The average Bonchev–Trinajstić information content (AvgIpc) is 2.76. The highest BCUT2D eigenvalue weighted by Gasteiger charge is 2.13. The second-order valence-electron chi connectivity index (χ2n) is 3.74. The van der Waals surface area contributed by atoms with Gasteiger partial charge in [0.1, 0.15) is 5.56 Å². The molecule has 0 aliphatic rings. The molecule has 0 aliphatic heterocycles. The van der Waals surface area contributed by atoms with Gasteiger partial charge in [-0.2, -0.15) is 4.98 Å². The van der Waals surface area contributed by atoms with Crippen LogP contribution >= 0.6 is 0 Å². The highest BCUT2D eigenvalue weighted by molar-refractivity contribution is 6.02. The summed E-state index contributed by atoms with van der Waals surface area (Å²) in [6.07, 6.45) is 0. The topological polar surface area (TPSA) is 113 Å². The van der Waals surface area contributed by atoms with Gasteiger partial charge in [-0.1, -0.05) is 0 Å². The lowest BCUT2D eigenvalue weighted by atomic mass is 10.2. The largest absolute Gasteiger partial charge is 0.463 e. The Hall–Kier alpha value is -2.64. The van der Waals surface area contributed by atoms with Crippen LogP contribution in [0.4, 0.5) is 5.95 Å². The Balaban J connectivity index is 2.13. The van der Waals surface area contributed by atoms with E-state index in [2.05, 4.69) is 25.5 Å². The molecule has 19 heavy (non-hydrogen) atoms. The first-order chi connectivity index (χ1) is 9.10. The van der Waals surface area contributed by atoms with E-state index in [4.69, 9.17) is 4.74 Å². The number of amides is 1. The van der Waals surface area contributed by atoms with Crippen molar-refractivity contribution in [2.75, 3.05) is 11.9 Å². The van der Waals surface area contributed by atoms with Crippen molar-refractivity contribution in [1.29, 1.82) is 0 Å². The summed E-state index contributed by atoms with van der Waals surface area (Å²) in [5.74, 6) is -0.450. The van der Waals surface area contributed by atoms with Crippen LogP contribution in [0.2, 0.25) is 0 Å². The Morgan fingerprint density at radius 3 is 2.95 bits per heavy atom. The van der Waals surface area contributed by atoms with Gasteiger partial charge in [0.2, 0.25) is 5.95 Å². The molecule has 0 spiro atoms. The maximum Gasteiger partial charge on any atom is 0.337 e. The van der Waals surface area contributed by atoms with Gasteiger partial charge in [-0.05, 0) is 26.0 Å². The molecule has 0 fully saturated rings. The molecular formula is C11H13N5O3. The summed E-state index contributed by atoms with van der Waals surface area (Å²) in [6.45, 7) is 3.94. The second kappa shape index (κ2) is 5.34. The molecule has 3 N–H and O–H groups in total. The van der Waals surface area contributed by atoms with E-state index in [1.807, 2.05) is 0 Å². The smallest absolute Gasteiger partial charge is 0.337 e. The summed E-state index contributed by atoms with van der Waals surface area (Å²) in [5, 5.41) is 8.65. The van der Waals surface area contributed by atoms with Crippen LogP contribution in [0.1, 0.15) is 23.0 Å². The molecule has 2 rings (SSSR count). The lowest BCUT2D eigenvalue weighted by Gasteiger charge is -2.00. The van der Waals surface area contributed by atoms with Crippen molar-refractivity contribution in [2.45, 2.75) is 13.8 Å². The number of nitrogens with one attached hydrogen (secondary N) is 3. The fourth-order valence-corrected chi connectivity index (χ4v) is 1.42. The van der Waals surface area contributed by atoms with Crippen molar-refractivity contribution >= 4 is 11.9 Å². The molecular weight excluding hydrogens is 250 g/mol. The molecule has 2 heterocycles. The highest BCUT2D eigenvalue weighted by Crippen LogP contribution is 2.06. The predicted molar refractivity (Wildman–Crippen MR) is 67.3 cm³/mol. The van der Waals surface area contributed by atoms with Crippen molar-refractivity contribution in [3.63, 3.8) is 0 Å². The van der Waals surface area contributed by atoms with E-state index in [1.54, 1.807) is 19.9 Å². The fraction of sp³-hybridized carbons (Fsp3) is 0.273. The summed E-state index contributed by atoms with van der Waals surface area (Å²) < 4.78 is 5.04. The van der Waals surface area contributed by atoms with Crippen LogP contribution in [0.25, 0.3) is 0 Å². The zero-order valence-corrected chi connectivity index (χ0v) is 10.5. The molecule has 100 valence electrons. The summed E-state index contributed by atoms with van der Waals surface area (Å²) in [7, 11) is 0. The zero-order chi connectivity index (χ0) is 13.8. The van der Waals surface area contributed by atoms with Gasteiger partial charge in [0.15, 0.2) is 0 Å². The number of aromatic amines is 2. The molecule has 8 nitrogen and oxygen atoms in total. The molecule has 2 aromatic rings. The summed E-state index contributed by atoms with van der Waals surface area (Å²) in [4.78, 5) is 29.9. The van der Waals surface area contributed by atoms with Crippen LogP contribution in [-0.2, 0) is 0 Å². The van der Waals surface area contributed by atoms with E-state index in [-0.39, 0.29) is 17.5 Å². The van der Waals surface area contributed by atoms with Crippen LogP contribution in [0, 0.1) is 6.92 Å². The molecule has 0 atom stereocenters. The second-order valence-corrected chi connectivity index (χ2v) is 3.74. The Bertz CT molecular complexity index is 646. The molecule has 0 aliphatic carbocycles. The lowest BCUT2D eigenvalue weighted by molar-refractivity contribution is 0.102. The van der Waals surface area contributed by atoms with E-state index < -0.39 is 11.5 Å². The fourth-order valence-electron chi connectivity index (χ4n) is 1.42. The SMILES string of the molecule is CCOc1n[nH]c(NC(=O)c2ccc(C)[nH]c2=O)n1. The monoisotopic (exact) mass is 263 g/mol. The summed E-state index contributed by atoms with van der Waals surface area (Å²) >= 11 is 0. The van der Waals surface area contributed by atoms with E-state index in [9.17, 15) is 9.59 Å². The predicted octanol–water partition coefficient (Wildman–Crippen LogP) is 0.452. The molecule has 0 unspecified atom stereocenters. The van der Waals surface area contributed by atoms with Gasteiger partial charge in [0.05, 0.1) is 6.61 Å². The number of H-pyrrole nitrogens is 2. The van der Waals surface area contributed by atoms with Crippen molar-refractivity contribution in [3.05, 3.63) is 33.7 Å².